The molecule has 0 spiro atoms. The van der Waals surface area contributed by atoms with Crippen molar-refractivity contribution in [1.82, 2.24) is 5.32 Å². The average Bonchev–Trinajstić information content (AvgIpc) is 2.30. The standard InChI is InChI=1S/C12H23N.CH4O2S/c1-10-2-4-11(5-3-10)12-6-8-13-9-7-12;1-4(2)3/h10-13H,2-9H2,1H3;1H3,(H,2,3)/p-1. The van der Waals surface area contributed by atoms with Crippen LogP contribution < -0.4 is 5.32 Å². The summed E-state index contributed by atoms with van der Waals surface area (Å²) in [5.74, 6) is 3.16. The Morgan fingerprint density at radius 1 is 1.00 bits per heavy atom. The average molecular weight is 260 g/mol. The van der Waals surface area contributed by atoms with E-state index in [1.807, 2.05) is 0 Å². The van der Waals surface area contributed by atoms with E-state index in [2.05, 4.69) is 12.2 Å². The molecule has 2 fully saturated rings. The molecule has 1 heterocycles. The quantitative estimate of drug-likeness (QED) is 0.736. The molecule has 3 nitrogen and oxygen atoms in total. The number of piperidine rings is 1. The predicted molar refractivity (Wildman–Crippen MR) is 71.6 cm³/mol. The van der Waals surface area contributed by atoms with Gasteiger partial charge in [-0.05, 0) is 62.8 Å². The summed E-state index contributed by atoms with van der Waals surface area (Å²) >= 11 is -1.86. The van der Waals surface area contributed by atoms with E-state index >= 15 is 0 Å². The molecule has 2 aliphatic rings. The third-order valence-corrected chi connectivity index (χ3v) is 4.11. The molecule has 0 aromatic rings. The van der Waals surface area contributed by atoms with E-state index in [1.54, 1.807) is 0 Å². The van der Waals surface area contributed by atoms with Gasteiger partial charge in [-0.2, -0.15) is 0 Å². The Balaban J connectivity index is 0.000000317. The summed E-state index contributed by atoms with van der Waals surface area (Å²) in [6, 6.07) is 0. The normalized spacial score (nSPS) is 32.4. The minimum absolute atomic E-state index is 1.01. The minimum Gasteiger partial charge on any atom is -0.773 e. The Bertz CT molecular complexity index is 217. The molecule has 1 unspecified atom stereocenters. The van der Waals surface area contributed by atoms with E-state index in [0.717, 1.165) is 24.0 Å². The smallest absolute Gasteiger partial charge is 0.00142 e. The molecule has 2 rings (SSSR count). The van der Waals surface area contributed by atoms with Gasteiger partial charge in [-0.1, -0.05) is 30.8 Å². The monoisotopic (exact) mass is 260 g/mol. The van der Waals surface area contributed by atoms with Gasteiger partial charge in [0.25, 0.3) is 0 Å². The topological polar surface area (TPSA) is 52.2 Å². The lowest BCUT2D eigenvalue weighted by molar-refractivity contribution is 0.179. The lowest BCUT2D eigenvalue weighted by atomic mass is 9.73. The summed E-state index contributed by atoms with van der Waals surface area (Å²) < 4.78 is 18.0. The van der Waals surface area contributed by atoms with Crippen molar-refractivity contribution in [3.63, 3.8) is 0 Å². The van der Waals surface area contributed by atoms with Crippen LogP contribution in [0.5, 0.6) is 0 Å². The fourth-order valence-electron chi connectivity index (χ4n) is 3.07. The van der Waals surface area contributed by atoms with Gasteiger partial charge in [0, 0.05) is 0 Å². The number of hydrogen-bond acceptors (Lipinski definition) is 3. The minimum atomic E-state index is -1.86. The molecule has 0 amide bonds. The molecule has 4 heteroatoms. The fourth-order valence-corrected chi connectivity index (χ4v) is 3.07. The van der Waals surface area contributed by atoms with Crippen molar-refractivity contribution in [2.45, 2.75) is 45.4 Å². The summed E-state index contributed by atoms with van der Waals surface area (Å²) in [6.45, 7) is 4.96. The number of rotatable bonds is 1. The number of nitrogens with one attached hydrogen (secondary N) is 1. The van der Waals surface area contributed by atoms with Crippen LogP contribution in [0.1, 0.15) is 45.4 Å². The first-order chi connectivity index (χ1) is 8.09. The van der Waals surface area contributed by atoms with E-state index < -0.39 is 11.1 Å². The zero-order valence-corrected chi connectivity index (χ0v) is 11.9. The van der Waals surface area contributed by atoms with Crippen molar-refractivity contribution in [1.29, 1.82) is 0 Å². The van der Waals surface area contributed by atoms with Crippen LogP contribution in [0.15, 0.2) is 0 Å². The molecule has 102 valence electrons. The van der Waals surface area contributed by atoms with Gasteiger partial charge in [-0.3, -0.25) is 4.21 Å². The van der Waals surface area contributed by atoms with Gasteiger partial charge in [0.1, 0.15) is 0 Å². The molecule has 0 aromatic heterocycles. The van der Waals surface area contributed by atoms with Crippen LogP contribution in [0.25, 0.3) is 0 Å². The Labute approximate surface area is 108 Å². The second-order valence-electron chi connectivity index (χ2n) is 5.51. The highest BCUT2D eigenvalue weighted by atomic mass is 32.2. The highest BCUT2D eigenvalue weighted by Crippen LogP contribution is 2.36. The Morgan fingerprint density at radius 3 is 1.88 bits per heavy atom. The van der Waals surface area contributed by atoms with Crippen LogP contribution in [-0.4, -0.2) is 28.1 Å². The van der Waals surface area contributed by atoms with Gasteiger partial charge < -0.3 is 9.87 Å². The molecule has 1 aliphatic heterocycles. The van der Waals surface area contributed by atoms with Crippen LogP contribution in [0.3, 0.4) is 0 Å². The van der Waals surface area contributed by atoms with Crippen LogP contribution in [0.4, 0.5) is 0 Å². The zero-order chi connectivity index (χ0) is 12.7. The zero-order valence-electron chi connectivity index (χ0n) is 11.1. The second-order valence-corrected chi connectivity index (χ2v) is 6.31. The van der Waals surface area contributed by atoms with Crippen LogP contribution >= 0.6 is 0 Å². The van der Waals surface area contributed by atoms with Gasteiger partial charge in [0.05, 0.1) is 0 Å². The summed E-state index contributed by atoms with van der Waals surface area (Å²) in [5, 5.41) is 3.46. The molecular weight excluding hydrogens is 234 g/mol. The van der Waals surface area contributed by atoms with E-state index in [0.29, 0.717) is 0 Å². The van der Waals surface area contributed by atoms with Crippen molar-refractivity contribution >= 4 is 11.1 Å². The van der Waals surface area contributed by atoms with Crippen LogP contribution in [0, 0.1) is 17.8 Å². The van der Waals surface area contributed by atoms with Gasteiger partial charge in [0.2, 0.25) is 0 Å². The first-order valence-electron chi connectivity index (χ1n) is 6.81. The molecule has 0 radical (unpaired) electrons. The maximum atomic E-state index is 9.00. The number of hydrogen-bond donors (Lipinski definition) is 1. The van der Waals surface area contributed by atoms with Crippen molar-refractivity contribution < 1.29 is 8.76 Å². The maximum Gasteiger partial charge on any atom is -0.00142 e. The van der Waals surface area contributed by atoms with E-state index in [-0.39, 0.29) is 0 Å². The lowest BCUT2D eigenvalue weighted by Crippen LogP contribution is -2.33. The van der Waals surface area contributed by atoms with Crippen molar-refractivity contribution in [3.8, 4) is 0 Å². The summed E-state index contributed by atoms with van der Waals surface area (Å²) in [6.07, 6.45) is 10.00. The molecule has 0 aromatic carbocycles. The van der Waals surface area contributed by atoms with Gasteiger partial charge in [-0.15, -0.1) is 0 Å². The van der Waals surface area contributed by atoms with Gasteiger partial charge in [0.15, 0.2) is 0 Å². The SMILES string of the molecule is CC1CCC(C2CCNCC2)CC1.CS(=O)[O-]. The largest absolute Gasteiger partial charge is 0.773 e. The Hall–Kier alpha value is 0.0700. The van der Waals surface area contributed by atoms with E-state index in [1.165, 1.54) is 51.6 Å². The molecule has 1 saturated carbocycles. The molecule has 17 heavy (non-hydrogen) atoms. The highest BCUT2D eigenvalue weighted by Gasteiger charge is 2.26. The lowest BCUT2D eigenvalue weighted by Gasteiger charge is -2.35. The first-order valence-corrected chi connectivity index (χ1v) is 8.29. The second kappa shape index (κ2) is 8.22. The first kappa shape index (κ1) is 15.1. The maximum absolute atomic E-state index is 9.00. The fraction of sp³-hybridized carbons (Fsp3) is 1.00. The molecule has 0 bridgehead atoms. The summed E-state index contributed by atoms with van der Waals surface area (Å²) in [7, 11) is 0. The van der Waals surface area contributed by atoms with Crippen molar-refractivity contribution in [2.75, 3.05) is 19.3 Å². The predicted octanol–water partition coefficient (Wildman–Crippen LogP) is 2.31. The molecule has 1 N–H and O–H groups in total. The van der Waals surface area contributed by atoms with Crippen LogP contribution in [0.2, 0.25) is 0 Å². The highest BCUT2D eigenvalue weighted by molar-refractivity contribution is 7.78. The summed E-state index contributed by atoms with van der Waals surface area (Å²) in [4.78, 5) is 0. The van der Waals surface area contributed by atoms with Gasteiger partial charge >= 0.3 is 0 Å². The molecular formula is C13H26NO2S-. The van der Waals surface area contributed by atoms with Gasteiger partial charge in [-0.25, -0.2) is 0 Å². The van der Waals surface area contributed by atoms with Crippen LogP contribution in [-0.2, 0) is 11.1 Å². The van der Waals surface area contributed by atoms with Crippen molar-refractivity contribution in [2.24, 2.45) is 17.8 Å². The van der Waals surface area contributed by atoms with Crippen molar-refractivity contribution in [3.05, 3.63) is 0 Å². The Morgan fingerprint density at radius 2 is 1.41 bits per heavy atom. The Kier molecular flexibility index (Phi) is 7.32. The third-order valence-electron chi connectivity index (χ3n) is 4.11. The third kappa shape index (κ3) is 6.53. The van der Waals surface area contributed by atoms with E-state index in [4.69, 9.17) is 8.76 Å². The molecule has 1 aliphatic carbocycles. The van der Waals surface area contributed by atoms with E-state index in [9.17, 15) is 0 Å². The molecule has 1 saturated heterocycles. The summed E-state index contributed by atoms with van der Waals surface area (Å²) in [5.41, 5.74) is 0. The molecule has 1 atom stereocenters.